The monoisotopic (exact) mass is 196 g/mol. The number of hydrogen-bond donors (Lipinski definition) is 1. The number of rotatable bonds is 4. The van der Waals surface area contributed by atoms with Crippen LogP contribution in [-0.2, 0) is 4.74 Å². The topological polar surface area (TPSA) is 34.1 Å². The van der Waals surface area contributed by atoms with Crippen molar-refractivity contribution in [2.75, 3.05) is 20.3 Å². The number of aromatic nitrogens is 1. The molecule has 0 fully saturated rings. The zero-order valence-electron chi connectivity index (χ0n) is 7.49. The summed E-state index contributed by atoms with van der Waals surface area (Å²) >= 11 is 5.13. The molecule has 0 saturated carbocycles. The van der Waals surface area contributed by atoms with Crippen molar-refractivity contribution in [2.24, 2.45) is 0 Å². The van der Waals surface area contributed by atoms with Crippen molar-refractivity contribution in [2.45, 2.75) is 0 Å². The molecule has 13 heavy (non-hydrogen) atoms. The van der Waals surface area contributed by atoms with Crippen LogP contribution in [0.4, 0.5) is 0 Å². The van der Waals surface area contributed by atoms with Gasteiger partial charge in [0, 0.05) is 31.6 Å². The predicted octanol–water partition coefficient (Wildman–Crippen LogP) is 0.993. The van der Waals surface area contributed by atoms with Crippen LogP contribution in [0, 0.1) is 0 Å². The maximum absolute atomic E-state index is 5.13. The van der Waals surface area contributed by atoms with Gasteiger partial charge in [0.05, 0.1) is 6.61 Å². The lowest BCUT2D eigenvalue weighted by Crippen LogP contribution is -2.25. The minimum absolute atomic E-state index is 0.653. The third-order valence-corrected chi connectivity index (χ3v) is 1.90. The molecule has 0 aliphatic heterocycles. The van der Waals surface area contributed by atoms with E-state index in [4.69, 9.17) is 17.0 Å². The molecule has 0 bridgehead atoms. The first-order valence-electron chi connectivity index (χ1n) is 4.02. The van der Waals surface area contributed by atoms with Gasteiger partial charge in [-0.15, -0.1) is 0 Å². The molecule has 70 valence electrons. The lowest BCUT2D eigenvalue weighted by molar-refractivity contribution is 0.204. The van der Waals surface area contributed by atoms with E-state index in [1.807, 2.05) is 12.1 Å². The Labute approximate surface area is 83.1 Å². The highest BCUT2D eigenvalue weighted by molar-refractivity contribution is 7.80. The maximum Gasteiger partial charge on any atom is 0.108 e. The Morgan fingerprint density at radius 2 is 2.54 bits per heavy atom. The fourth-order valence-electron chi connectivity index (χ4n) is 0.866. The van der Waals surface area contributed by atoms with Crippen LogP contribution in [0.5, 0.6) is 0 Å². The van der Waals surface area contributed by atoms with Gasteiger partial charge in [0.2, 0.25) is 0 Å². The summed E-state index contributed by atoms with van der Waals surface area (Å²) in [6.45, 7) is 1.38. The summed E-state index contributed by atoms with van der Waals surface area (Å²) in [6.07, 6.45) is 3.46. The highest BCUT2D eigenvalue weighted by Gasteiger charge is 1.97. The average molecular weight is 196 g/mol. The third kappa shape index (κ3) is 3.48. The largest absolute Gasteiger partial charge is 0.383 e. The van der Waals surface area contributed by atoms with Crippen molar-refractivity contribution in [3.05, 3.63) is 30.1 Å². The standard InChI is InChI=1S/C9H12N2OS/c1-12-6-5-11-9(13)8-3-2-4-10-7-8/h2-4,7H,5-6H2,1H3,(H,11,13). The van der Waals surface area contributed by atoms with E-state index in [9.17, 15) is 0 Å². The molecule has 0 spiro atoms. The van der Waals surface area contributed by atoms with Crippen LogP contribution in [0.15, 0.2) is 24.5 Å². The van der Waals surface area contributed by atoms with Crippen molar-refractivity contribution >= 4 is 17.2 Å². The molecule has 4 heteroatoms. The molecular weight excluding hydrogens is 184 g/mol. The summed E-state index contributed by atoms with van der Waals surface area (Å²) in [5.41, 5.74) is 0.939. The lowest BCUT2D eigenvalue weighted by Gasteiger charge is -2.05. The fraction of sp³-hybridized carbons (Fsp3) is 0.333. The average Bonchev–Trinajstić information content (AvgIpc) is 2.19. The van der Waals surface area contributed by atoms with E-state index in [0.29, 0.717) is 11.6 Å². The van der Waals surface area contributed by atoms with Crippen LogP contribution in [-0.4, -0.2) is 30.2 Å². The molecule has 0 atom stereocenters. The third-order valence-electron chi connectivity index (χ3n) is 1.52. The lowest BCUT2D eigenvalue weighted by atomic mass is 10.3. The molecule has 0 radical (unpaired) electrons. The Morgan fingerprint density at radius 1 is 1.69 bits per heavy atom. The van der Waals surface area contributed by atoms with Gasteiger partial charge in [-0.3, -0.25) is 4.98 Å². The smallest absolute Gasteiger partial charge is 0.108 e. The Morgan fingerprint density at radius 3 is 3.15 bits per heavy atom. The zero-order valence-corrected chi connectivity index (χ0v) is 8.30. The zero-order chi connectivity index (χ0) is 9.52. The van der Waals surface area contributed by atoms with Crippen LogP contribution in [0.2, 0.25) is 0 Å². The molecular formula is C9H12N2OS. The Kier molecular flexibility index (Phi) is 4.35. The Bertz CT molecular complexity index is 264. The maximum atomic E-state index is 5.13. The first-order chi connectivity index (χ1) is 6.34. The van der Waals surface area contributed by atoms with Crippen LogP contribution < -0.4 is 5.32 Å². The van der Waals surface area contributed by atoms with Crippen LogP contribution in [0.1, 0.15) is 5.56 Å². The van der Waals surface area contributed by atoms with E-state index >= 15 is 0 Å². The molecule has 0 aliphatic carbocycles. The van der Waals surface area contributed by atoms with Crippen LogP contribution in [0.25, 0.3) is 0 Å². The number of pyridine rings is 1. The van der Waals surface area contributed by atoms with E-state index in [-0.39, 0.29) is 0 Å². The molecule has 1 aromatic rings. The predicted molar refractivity (Wildman–Crippen MR) is 55.8 cm³/mol. The number of ether oxygens (including phenoxy) is 1. The normalized spacial score (nSPS) is 9.62. The molecule has 1 heterocycles. The van der Waals surface area contributed by atoms with Crippen molar-refractivity contribution in [3.63, 3.8) is 0 Å². The number of nitrogens with one attached hydrogen (secondary N) is 1. The van der Waals surface area contributed by atoms with Gasteiger partial charge in [0.15, 0.2) is 0 Å². The van der Waals surface area contributed by atoms with Gasteiger partial charge in [-0.2, -0.15) is 0 Å². The van der Waals surface area contributed by atoms with Gasteiger partial charge in [0.1, 0.15) is 4.99 Å². The first kappa shape index (κ1) is 10.1. The SMILES string of the molecule is COCCNC(=S)c1cccnc1. The molecule has 0 amide bonds. The van der Waals surface area contributed by atoms with Crippen LogP contribution in [0.3, 0.4) is 0 Å². The number of hydrogen-bond acceptors (Lipinski definition) is 3. The van der Waals surface area contributed by atoms with Gasteiger partial charge in [0.25, 0.3) is 0 Å². The van der Waals surface area contributed by atoms with Crippen LogP contribution >= 0.6 is 12.2 Å². The highest BCUT2D eigenvalue weighted by atomic mass is 32.1. The van der Waals surface area contributed by atoms with Gasteiger partial charge in [-0.1, -0.05) is 12.2 Å². The Hall–Kier alpha value is -1.00. The first-order valence-corrected chi connectivity index (χ1v) is 4.42. The summed E-state index contributed by atoms with van der Waals surface area (Å²) in [4.78, 5) is 4.69. The molecule has 0 saturated heterocycles. The second-order valence-electron chi connectivity index (χ2n) is 2.49. The van der Waals surface area contributed by atoms with Gasteiger partial charge in [-0.05, 0) is 12.1 Å². The molecule has 0 unspecified atom stereocenters. The van der Waals surface area contributed by atoms with Crippen molar-refractivity contribution in [1.29, 1.82) is 0 Å². The highest BCUT2D eigenvalue weighted by Crippen LogP contribution is 1.95. The molecule has 1 aromatic heterocycles. The summed E-state index contributed by atoms with van der Waals surface area (Å²) in [6, 6.07) is 3.79. The molecule has 1 N–H and O–H groups in total. The van der Waals surface area contributed by atoms with Gasteiger partial charge in [-0.25, -0.2) is 0 Å². The molecule has 0 aliphatic rings. The number of nitrogens with zero attached hydrogens (tertiary/aromatic N) is 1. The van der Waals surface area contributed by atoms with Crippen molar-refractivity contribution < 1.29 is 4.74 Å². The minimum Gasteiger partial charge on any atom is -0.383 e. The van der Waals surface area contributed by atoms with E-state index in [1.165, 1.54) is 0 Å². The quantitative estimate of drug-likeness (QED) is 0.575. The molecule has 3 nitrogen and oxygen atoms in total. The second kappa shape index (κ2) is 5.61. The molecule has 1 rings (SSSR count). The van der Waals surface area contributed by atoms with Gasteiger partial charge < -0.3 is 10.1 Å². The fourth-order valence-corrected chi connectivity index (χ4v) is 1.09. The summed E-state index contributed by atoms with van der Waals surface area (Å²) in [7, 11) is 1.66. The second-order valence-corrected chi connectivity index (χ2v) is 2.90. The van der Waals surface area contributed by atoms with E-state index in [2.05, 4.69) is 10.3 Å². The van der Waals surface area contributed by atoms with E-state index in [0.717, 1.165) is 12.1 Å². The summed E-state index contributed by atoms with van der Waals surface area (Å²) in [5.74, 6) is 0. The molecule has 0 aromatic carbocycles. The summed E-state index contributed by atoms with van der Waals surface area (Å²) < 4.78 is 4.89. The van der Waals surface area contributed by atoms with E-state index in [1.54, 1.807) is 19.5 Å². The number of methoxy groups -OCH3 is 1. The summed E-state index contributed by atoms with van der Waals surface area (Å²) in [5, 5.41) is 3.07. The Balaban J connectivity index is 2.40. The minimum atomic E-state index is 0.653. The van der Waals surface area contributed by atoms with E-state index < -0.39 is 0 Å². The number of thiocarbonyl (C=S) groups is 1. The van der Waals surface area contributed by atoms with Gasteiger partial charge >= 0.3 is 0 Å². The van der Waals surface area contributed by atoms with Crippen molar-refractivity contribution in [3.8, 4) is 0 Å². The van der Waals surface area contributed by atoms with Crippen molar-refractivity contribution in [1.82, 2.24) is 10.3 Å².